The molecule has 3 rings (SSSR count). The average Bonchev–Trinajstić information content (AvgIpc) is 2.58. The number of hydrogen-bond donors (Lipinski definition) is 2. The Morgan fingerprint density at radius 2 is 1.59 bits per heavy atom. The van der Waals surface area contributed by atoms with Crippen molar-refractivity contribution in [2.75, 3.05) is 18.1 Å². The first-order valence-electron chi connectivity index (χ1n) is 7.41. The van der Waals surface area contributed by atoms with Crippen molar-refractivity contribution in [2.45, 2.75) is 12.4 Å². The molecule has 0 aliphatic rings. The molecule has 27 heavy (non-hydrogen) atoms. The number of benzene rings is 1. The van der Waals surface area contributed by atoms with Gasteiger partial charge in [-0.2, -0.15) is 36.3 Å². The highest BCUT2D eigenvalue weighted by atomic mass is 19.4. The Hall–Kier alpha value is -3.11. The highest BCUT2D eigenvalue weighted by Crippen LogP contribution is 2.40. The molecule has 5 nitrogen and oxygen atoms in total. The van der Waals surface area contributed by atoms with E-state index in [1.807, 2.05) is 0 Å². The number of fused-ring (bicyclic) bond motifs is 1. The van der Waals surface area contributed by atoms with Crippen molar-refractivity contribution in [2.24, 2.45) is 0 Å². The van der Waals surface area contributed by atoms with Crippen LogP contribution < -0.4 is 11.1 Å². The van der Waals surface area contributed by atoms with Gasteiger partial charge in [0.2, 0.25) is 5.95 Å². The van der Waals surface area contributed by atoms with E-state index in [0.29, 0.717) is 17.3 Å². The van der Waals surface area contributed by atoms with Crippen LogP contribution in [0.5, 0.6) is 0 Å². The zero-order valence-corrected chi connectivity index (χ0v) is 13.6. The van der Waals surface area contributed by atoms with Crippen LogP contribution in [0.1, 0.15) is 11.1 Å². The summed E-state index contributed by atoms with van der Waals surface area (Å²) in [6, 6.07) is 4.04. The summed E-state index contributed by atoms with van der Waals surface area (Å²) in [5, 5.41) is 3.15. The molecule has 0 saturated carbocycles. The van der Waals surface area contributed by atoms with E-state index >= 15 is 0 Å². The normalized spacial score (nSPS) is 12.4. The quantitative estimate of drug-likeness (QED) is 0.640. The lowest BCUT2D eigenvalue weighted by Gasteiger charge is -2.16. The van der Waals surface area contributed by atoms with Gasteiger partial charge in [0.05, 0.1) is 22.2 Å². The molecule has 0 unspecified atom stereocenters. The second kappa shape index (κ2) is 6.25. The predicted molar refractivity (Wildman–Crippen MR) is 86.7 cm³/mol. The molecule has 0 aliphatic heterocycles. The van der Waals surface area contributed by atoms with Gasteiger partial charge >= 0.3 is 12.4 Å². The van der Waals surface area contributed by atoms with E-state index in [9.17, 15) is 26.3 Å². The number of nitrogens with two attached hydrogens (primary N) is 1. The lowest BCUT2D eigenvalue weighted by Crippen LogP contribution is -2.12. The Labute approximate surface area is 148 Å². The summed E-state index contributed by atoms with van der Waals surface area (Å²) in [5.41, 5.74) is 2.03. The number of anilines is 2. The number of hydrogen-bond acceptors (Lipinski definition) is 5. The second-order valence-corrected chi connectivity index (χ2v) is 5.50. The van der Waals surface area contributed by atoms with Crippen LogP contribution in [0, 0.1) is 0 Å². The highest BCUT2D eigenvalue weighted by Gasteiger charge is 2.38. The fourth-order valence-electron chi connectivity index (χ4n) is 2.55. The van der Waals surface area contributed by atoms with Gasteiger partial charge in [-0.05, 0) is 24.3 Å². The summed E-state index contributed by atoms with van der Waals surface area (Å²) in [6.45, 7) is 0. The molecule has 3 N–H and O–H groups in total. The van der Waals surface area contributed by atoms with Crippen LogP contribution in [0.2, 0.25) is 0 Å². The number of alkyl halides is 6. The van der Waals surface area contributed by atoms with Gasteiger partial charge < -0.3 is 11.1 Å². The fourth-order valence-corrected chi connectivity index (χ4v) is 2.55. The topological polar surface area (TPSA) is 76.7 Å². The Bertz CT molecular complexity index is 1010. The first-order valence-corrected chi connectivity index (χ1v) is 7.41. The van der Waals surface area contributed by atoms with E-state index < -0.39 is 29.0 Å². The predicted octanol–water partition coefficient (Wildman–Crippen LogP) is 4.35. The van der Waals surface area contributed by atoms with Crippen LogP contribution in [-0.4, -0.2) is 22.0 Å². The van der Waals surface area contributed by atoms with Crippen molar-refractivity contribution in [1.82, 2.24) is 15.0 Å². The molecule has 0 saturated heterocycles. The lowest BCUT2D eigenvalue weighted by atomic mass is 10.00. The van der Waals surface area contributed by atoms with Crippen LogP contribution in [0.3, 0.4) is 0 Å². The van der Waals surface area contributed by atoms with Crippen LogP contribution in [0.4, 0.5) is 38.1 Å². The number of pyridine rings is 1. The van der Waals surface area contributed by atoms with E-state index in [0.717, 1.165) is 6.07 Å². The maximum absolute atomic E-state index is 13.3. The molecule has 0 bridgehead atoms. The van der Waals surface area contributed by atoms with E-state index in [1.165, 1.54) is 12.1 Å². The van der Waals surface area contributed by atoms with Gasteiger partial charge in [0.15, 0.2) is 5.65 Å². The van der Waals surface area contributed by atoms with Crippen molar-refractivity contribution < 1.29 is 26.3 Å². The maximum atomic E-state index is 13.3. The summed E-state index contributed by atoms with van der Waals surface area (Å²) in [5.74, 6) is 0.167. The minimum Gasteiger partial charge on any atom is -0.372 e. The molecule has 0 aliphatic carbocycles. The van der Waals surface area contributed by atoms with Crippen molar-refractivity contribution >= 4 is 22.8 Å². The van der Waals surface area contributed by atoms with Crippen LogP contribution in [0.15, 0.2) is 30.3 Å². The molecule has 0 spiro atoms. The third-order valence-electron chi connectivity index (χ3n) is 3.74. The van der Waals surface area contributed by atoms with Gasteiger partial charge in [0, 0.05) is 12.6 Å². The standard InChI is InChI=1S/C16H11F6N5/c1-24-12-9-4-5-11(25-13(9)27-14(23)26-12)8-3-2-7(15(17,18)19)6-10(8)16(20,21)22/h2-6H,1H3,(H3,23,24,25,26,27). The minimum absolute atomic E-state index is 0.0115. The average molecular weight is 387 g/mol. The molecule has 0 radical (unpaired) electrons. The molecule has 142 valence electrons. The molecule has 1 aromatic carbocycles. The summed E-state index contributed by atoms with van der Waals surface area (Å²) in [7, 11) is 1.56. The molecule has 2 heterocycles. The summed E-state index contributed by atoms with van der Waals surface area (Å²) >= 11 is 0. The zero-order chi connectivity index (χ0) is 20.0. The van der Waals surface area contributed by atoms with Crippen molar-refractivity contribution in [3.05, 3.63) is 41.5 Å². The van der Waals surface area contributed by atoms with Crippen molar-refractivity contribution in [3.63, 3.8) is 0 Å². The van der Waals surface area contributed by atoms with Gasteiger partial charge in [-0.25, -0.2) is 4.98 Å². The van der Waals surface area contributed by atoms with Gasteiger partial charge in [-0.15, -0.1) is 0 Å². The van der Waals surface area contributed by atoms with Gasteiger partial charge in [-0.1, -0.05) is 6.07 Å². The SMILES string of the molecule is CNc1nc(N)nc2nc(-c3ccc(C(F)(F)F)cc3C(F)(F)F)ccc12. The number of halogens is 6. The number of aromatic nitrogens is 3. The molecular formula is C16H11F6N5. The Kier molecular flexibility index (Phi) is 4.32. The van der Waals surface area contributed by atoms with Crippen LogP contribution in [-0.2, 0) is 12.4 Å². The molecule has 0 atom stereocenters. The van der Waals surface area contributed by atoms with Gasteiger partial charge in [0.1, 0.15) is 5.82 Å². The van der Waals surface area contributed by atoms with Crippen molar-refractivity contribution in [1.29, 1.82) is 0 Å². The first-order chi connectivity index (χ1) is 12.5. The minimum atomic E-state index is -5.01. The lowest BCUT2D eigenvalue weighted by molar-refractivity contribution is -0.142. The third kappa shape index (κ3) is 3.57. The molecule has 11 heteroatoms. The molecule has 2 aromatic heterocycles. The highest BCUT2D eigenvalue weighted by molar-refractivity contribution is 5.89. The van der Waals surface area contributed by atoms with E-state index in [-0.39, 0.29) is 23.4 Å². The van der Waals surface area contributed by atoms with Crippen molar-refractivity contribution in [3.8, 4) is 11.3 Å². The zero-order valence-electron chi connectivity index (χ0n) is 13.6. The number of nitrogens with one attached hydrogen (secondary N) is 1. The van der Waals surface area contributed by atoms with E-state index in [2.05, 4.69) is 20.3 Å². The number of rotatable bonds is 2. The van der Waals surface area contributed by atoms with E-state index in [4.69, 9.17) is 5.73 Å². The molecule has 0 fully saturated rings. The molecule has 0 amide bonds. The fraction of sp³-hybridized carbons (Fsp3) is 0.188. The largest absolute Gasteiger partial charge is 0.417 e. The van der Waals surface area contributed by atoms with Crippen LogP contribution in [0.25, 0.3) is 22.3 Å². The number of nitrogen functional groups attached to an aromatic ring is 1. The first kappa shape index (κ1) is 18.7. The second-order valence-electron chi connectivity index (χ2n) is 5.50. The van der Waals surface area contributed by atoms with Gasteiger partial charge in [0.25, 0.3) is 0 Å². The summed E-state index contributed by atoms with van der Waals surface area (Å²) in [6.07, 6.45) is -9.91. The Morgan fingerprint density at radius 1 is 0.889 bits per heavy atom. The summed E-state index contributed by atoms with van der Waals surface area (Å²) in [4.78, 5) is 11.8. The van der Waals surface area contributed by atoms with Crippen LogP contribution >= 0.6 is 0 Å². The number of nitrogens with zero attached hydrogens (tertiary/aromatic N) is 3. The Morgan fingerprint density at radius 3 is 2.19 bits per heavy atom. The molecular weight excluding hydrogens is 376 g/mol. The molecule has 3 aromatic rings. The smallest absolute Gasteiger partial charge is 0.372 e. The third-order valence-corrected chi connectivity index (χ3v) is 3.74. The maximum Gasteiger partial charge on any atom is 0.417 e. The van der Waals surface area contributed by atoms with E-state index in [1.54, 1.807) is 7.05 Å². The summed E-state index contributed by atoms with van der Waals surface area (Å²) < 4.78 is 78.5. The Balaban J connectivity index is 2.24. The monoisotopic (exact) mass is 387 g/mol. The van der Waals surface area contributed by atoms with Gasteiger partial charge in [-0.3, -0.25) is 0 Å².